The molecule has 2 heterocycles. The Labute approximate surface area is 120 Å². The summed E-state index contributed by atoms with van der Waals surface area (Å²) in [6.45, 7) is 5.81. The molecule has 1 aliphatic rings. The lowest BCUT2D eigenvalue weighted by atomic mass is 10.3. The van der Waals surface area contributed by atoms with Crippen molar-refractivity contribution < 1.29 is 13.2 Å². The lowest BCUT2D eigenvalue weighted by Gasteiger charge is -2.32. The number of nitrogens with one attached hydrogen (secondary N) is 1. The van der Waals surface area contributed by atoms with E-state index in [0.717, 1.165) is 6.42 Å². The zero-order valence-corrected chi connectivity index (χ0v) is 12.7. The van der Waals surface area contributed by atoms with E-state index in [2.05, 4.69) is 10.3 Å². The molecule has 2 rings (SSSR count). The molecule has 1 aliphatic heterocycles. The molecule has 20 heavy (non-hydrogen) atoms. The summed E-state index contributed by atoms with van der Waals surface area (Å²) in [7, 11) is -3.54. The Balaban J connectivity index is 2.33. The van der Waals surface area contributed by atoms with Crippen LogP contribution in [0, 0.1) is 0 Å². The van der Waals surface area contributed by atoms with Crippen molar-refractivity contribution in [2.24, 2.45) is 0 Å². The molecule has 0 aliphatic carbocycles. The molecule has 1 atom stereocenters. The van der Waals surface area contributed by atoms with E-state index in [-0.39, 0.29) is 10.9 Å². The third kappa shape index (κ3) is 3.11. The first-order chi connectivity index (χ1) is 9.57. The van der Waals surface area contributed by atoms with Crippen LogP contribution in [-0.4, -0.2) is 50.1 Å². The minimum atomic E-state index is -3.54. The van der Waals surface area contributed by atoms with Gasteiger partial charge in [-0.05, 0) is 25.5 Å². The highest BCUT2D eigenvalue weighted by Gasteiger charge is 2.33. The first kappa shape index (κ1) is 15.2. The van der Waals surface area contributed by atoms with Crippen molar-refractivity contribution in [3.8, 4) is 0 Å². The van der Waals surface area contributed by atoms with Gasteiger partial charge in [-0.1, -0.05) is 6.92 Å². The Bertz CT molecular complexity index is 548. The van der Waals surface area contributed by atoms with E-state index in [1.807, 2.05) is 13.8 Å². The summed E-state index contributed by atoms with van der Waals surface area (Å²) < 4.78 is 32.3. The van der Waals surface area contributed by atoms with Gasteiger partial charge in [0.15, 0.2) is 0 Å². The van der Waals surface area contributed by atoms with E-state index in [1.54, 1.807) is 18.3 Å². The summed E-state index contributed by atoms with van der Waals surface area (Å²) in [6, 6.07) is 3.09. The van der Waals surface area contributed by atoms with Crippen molar-refractivity contribution in [3.05, 3.63) is 18.3 Å². The van der Waals surface area contributed by atoms with Crippen LogP contribution in [-0.2, 0) is 14.8 Å². The Morgan fingerprint density at radius 2 is 2.35 bits per heavy atom. The van der Waals surface area contributed by atoms with E-state index in [1.165, 1.54) is 4.31 Å². The van der Waals surface area contributed by atoms with Crippen molar-refractivity contribution in [3.63, 3.8) is 0 Å². The molecular formula is C13H21N3O3S. The molecule has 1 aromatic rings. The molecular weight excluding hydrogens is 278 g/mol. The lowest BCUT2D eigenvalue weighted by molar-refractivity contribution is 0.0393. The summed E-state index contributed by atoms with van der Waals surface area (Å²) in [4.78, 5) is 4.39. The van der Waals surface area contributed by atoms with Crippen molar-refractivity contribution in [1.82, 2.24) is 9.29 Å². The molecule has 1 saturated heterocycles. The van der Waals surface area contributed by atoms with Crippen LogP contribution >= 0.6 is 0 Å². The molecule has 112 valence electrons. The number of rotatable bonds is 5. The number of sulfonamides is 1. The van der Waals surface area contributed by atoms with Crippen LogP contribution < -0.4 is 5.32 Å². The Morgan fingerprint density at radius 3 is 3.05 bits per heavy atom. The normalized spacial score (nSPS) is 20.8. The molecule has 1 fully saturated rings. The topological polar surface area (TPSA) is 71.5 Å². The molecule has 1 aromatic heterocycles. The summed E-state index contributed by atoms with van der Waals surface area (Å²) in [6.07, 6.45) is 2.50. The Kier molecular flexibility index (Phi) is 4.95. The molecule has 0 aromatic carbocycles. The highest BCUT2D eigenvalue weighted by atomic mass is 32.2. The van der Waals surface area contributed by atoms with Gasteiger partial charge in [0.2, 0.25) is 10.0 Å². The number of nitrogens with zero attached hydrogens (tertiary/aromatic N) is 2. The van der Waals surface area contributed by atoms with Gasteiger partial charge in [0.1, 0.15) is 10.7 Å². The SMILES string of the molecule is CCCNc1ncccc1S(=O)(=O)N1CCOCC1C. The molecule has 0 radical (unpaired) electrons. The first-order valence-electron chi connectivity index (χ1n) is 6.86. The second-order valence-electron chi connectivity index (χ2n) is 4.82. The van der Waals surface area contributed by atoms with E-state index < -0.39 is 10.0 Å². The number of hydrogen-bond acceptors (Lipinski definition) is 5. The molecule has 7 heteroatoms. The number of ether oxygens (including phenoxy) is 1. The standard InChI is InChI=1S/C13H21N3O3S/c1-3-6-14-13-12(5-4-7-15-13)20(17,18)16-8-9-19-10-11(16)2/h4-5,7,11H,3,6,8-10H2,1-2H3,(H,14,15). The summed E-state index contributed by atoms with van der Waals surface area (Å²) >= 11 is 0. The molecule has 0 saturated carbocycles. The van der Waals surface area contributed by atoms with Gasteiger partial charge >= 0.3 is 0 Å². The summed E-state index contributed by atoms with van der Waals surface area (Å²) in [5, 5.41) is 3.07. The van der Waals surface area contributed by atoms with Crippen LogP contribution in [0.5, 0.6) is 0 Å². The van der Waals surface area contributed by atoms with Crippen molar-refractivity contribution >= 4 is 15.8 Å². The fourth-order valence-electron chi connectivity index (χ4n) is 2.17. The smallest absolute Gasteiger partial charge is 0.247 e. The van der Waals surface area contributed by atoms with Gasteiger partial charge in [-0.3, -0.25) is 0 Å². The van der Waals surface area contributed by atoms with E-state index >= 15 is 0 Å². The largest absolute Gasteiger partial charge is 0.378 e. The predicted molar refractivity (Wildman–Crippen MR) is 77.2 cm³/mol. The second-order valence-corrected chi connectivity index (χ2v) is 6.68. The number of hydrogen-bond donors (Lipinski definition) is 1. The molecule has 0 amide bonds. The van der Waals surface area contributed by atoms with Gasteiger partial charge < -0.3 is 10.1 Å². The van der Waals surface area contributed by atoms with Crippen LogP contribution in [0.4, 0.5) is 5.82 Å². The van der Waals surface area contributed by atoms with Gasteiger partial charge in [-0.2, -0.15) is 4.31 Å². The van der Waals surface area contributed by atoms with Crippen LogP contribution in [0.25, 0.3) is 0 Å². The molecule has 0 spiro atoms. The quantitative estimate of drug-likeness (QED) is 0.887. The minimum absolute atomic E-state index is 0.159. The van der Waals surface area contributed by atoms with E-state index in [4.69, 9.17) is 4.74 Å². The Hall–Kier alpha value is -1.18. The monoisotopic (exact) mass is 299 g/mol. The maximum Gasteiger partial charge on any atom is 0.247 e. The molecule has 1 N–H and O–H groups in total. The summed E-state index contributed by atoms with van der Waals surface area (Å²) in [5.74, 6) is 0.424. The van der Waals surface area contributed by atoms with Gasteiger partial charge in [0.25, 0.3) is 0 Å². The average Bonchev–Trinajstić information content (AvgIpc) is 2.45. The number of anilines is 1. The summed E-state index contributed by atoms with van der Waals surface area (Å²) in [5.41, 5.74) is 0. The van der Waals surface area contributed by atoms with E-state index in [0.29, 0.717) is 32.1 Å². The average molecular weight is 299 g/mol. The van der Waals surface area contributed by atoms with Crippen LogP contribution in [0.1, 0.15) is 20.3 Å². The van der Waals surface area contributed by atoms with Crippen molar-refractivity contribution in [2.75, 3.05) is 31.6 Å². The van der Waals surface area contributed by atoms with E-state index in [9.17, 15) is 8.42 Å². The Morgan fingerprint density at radius 1 is 1.55 bits per heavy atom. The second kappa shape index (κ2) is 6.51. The van der Waals surface area contributed by atoms with Crippen molar-refractivity contribution in [1.29, 1.82) is 0 Å². The third-order valence-corrected chi connectivity index (χ3v) is 5.25. The van der Waals surface area contributed by atoms with Gasteiger partial charge in [-0.15, -0.1) is 0 Å². The highest BCUT2D eigenvalue weighted by Crippen LogP contribution is 2.25. The van der Waals surface area contributed by atoms with Gasteiger partial charge in [0.05, 0.1) is 13.2 Å². The van der Waals surface area contributed by atoms with Gasteiger partial charge in [-0.25, -0.2) is 13.4 Å². The van der Waals surface area contributed by atoms with Crippen LogP contribution in [0.2, 0.25) is 0 Å². The maximum absolute atomic E-state index is 12.8. The zero-order chi connectivity index (χ0) is 14.6. The minimum Gasteiger partial charge on any atom is -0.378 e. The molecule has 6 nitrogen and oxygen atoms in total. The fraction of sp³-hybridized carbons (Fsp3) is 0.615. The highest BCUT2D eigenvalue weighted by molar-refractivity contribution is 7.89. The molecule has 1 unspecified atom stereocenters. The number of morpholine rings is 1. The lowest BCUT2D eigenvalue weighted by Crippen LogP contribution is -2.47. The maximum atomic E-state index is 12.8. The zero-order valence-electron chi connectivity index (χ0n) is 11.9. The number of pyridine rings is 1. The van der Waals surface area contributed by atoms with Crippen LogP contribution in [0.3, 0.4) is 0 Å². The number of aromatic nitrogens is 1. The van der Waals surface area contributed by atoms with Crippen LogP contribution in [0.15, 0.2) is 23.2 Å². The predicted octanol–water partition coefficient (Wildman–Crippen LogP) is 1.31. The third-order valence-electron chi connectivity index (χ3n) is 3.21. The molecule has 0 bridgehead atoms. The fourth-order valence-corrected chi connectivity index (χ4v) is 3.89. The van der Waals surface area contributed by atoms with Gasteiger partial charge in [0, 0.05) is 25.3 Å². The first-order valence-corrected chi connectivity index (χ1v) is 8.30. The van der Waals surface area contributed by atoms with Crippen molar-refractivity contribution in [2.45, 2.75) is 31.2 Å².